The maximum absolute atomic E-state index is 11.8. The molecule has 6 heteroatoms. The van der Waals surface area contributed by atoms with Crippen LogP contribution in [0.25, 0.3) is 0 Å². The van der Waals surface area contributed by atoms with Crippen LogP contribution in [0.15, 0.2) is 48.7 Å². The van der Waals surface area contributed by atoms with Crippen molar-refractivity contribution in [3.8, 4) is 0 Å². The van der Waals surface area contributed by atoms with Crippen LogP contribution >= 0.6 is 24.0 Å². The molecule has 1 aromatic heterocycles. The predicted octanol–water partition coefficient (Wildman–Crippen LogP) is 3.94. The number of hydrogen-bond acceptors (Lipinski definition) is 3. The summed E-state index contributed by atoms with van der Waals surface area (Å²) in [5.74, 6) is 0. The van der Waals surface area contributed by atoms with Gasteiger partial charge in [-0.25, -0.2) is 4.79 Å². The Labute approximate surface area is 135 Å². The minimum absolute atomic E-state index is 0. The molecule has 0 saturated carbocycles. The van der Waals surface area contributed by atoms with E-state index < -0.39 is 12.2 Å². The fraction of sp³-hybridized carbons (Fsp3) is 0.200. The summed E-state index contributed by atoms with van der Waals surface area (Å²) in [6.45, 7) is 0. The van der Waals surface area contributed by atoms with Crippen molar-refractivity contribution in [2.24, 2.45) is 0 Å². The van der Waals surface area contributed by atoms with E-state index in [4.69, 9.17) is 16.3 Å². The summed E-state index contributed by atoms with van der Waals surface area (Å²) in [5, 5.41) is 0.632. The second-order valence-electron chi connectivity index (χ2n) is 4.46. The summed E-state index contributed by atoms with van der Waals surface area (Å²) in [7, 11) is 3.28. The smallest absolute Gasteiger partial charge is 0.410 e. The Kier molecular flexibility index (Phi) is 6.46. The molecule has 112 valence electrons. The number of amides is 1. The van der Waals surface area contributed by atoms with Crippen molar-refractivity contribution >= 4 is 30.1 Å². The monoisotopic (exact) mass is 326 g/mol. The van der Waals surface area contributed by atoms with Gasteiger partial charge in [-0.1, -0.05) is 29.8 Å². The van der Waals surface area contributed by atoms with E-state index in [1.165, 1.54) is 4.90 Å². The van der Waals surface area contributed by atoms with Gasteiger partial charge in [0.25, 0.3) is 0 Å². The lowest BCUT2D eigenvalue weighted by atomic mass is 10.1. The van der Waals surface area contributed by atoms with Gasteiger partial charge in [-0.05, 0) is 29.8 Å². The van der Waals surface area contributed by atoms with E-state index in [0.29, 0.717) is 10.7 Å². The second kappa shape index (κ2) is 7.86. The van der Waals surface area contributed by atoms with Crippen LogP contribution in [-0.4, -0.2) is 30.1 Å². The van der Waals surface area contributed by atoms with Gasteiger partial charge in [-0.3, -0.25) is 4.98 Å². The highest BCUT2D eigenvalue weighted by Gasteiger charge is 2.21. The van der Waals surface area contributed by atoms with Crippen LogP contribution in [0.2, 0.25) is 5.02 Å². The number of nitrogens with zero attached hydrogens (tertiary/aromatic N) is 2. The number of hydrogen-bond donors (Lipinski definition) is 0. The minimum Gasteiger partial charge on any atom is -0.435 e. The van der Waals surface area contributed by atoms with Gasteiger partial charge in [0, 0.05) is 25.3 Å². The number of carbonyl (C=O) groups is 1. The molecule has 1 aromatic carbocycles. The number of ether oxygens (including phenoxy) is 1. The van der Waals surface area contributed by atoms with E-state index in [-0.39, 0.29) is 12.4 Å². The summed E-state index contributed by atoms with van der Waals surface area (Å²) in [5.41, 5.74) is 1.49. The minimum atomic E-state index is -0.552. The number of aromatic nitrogens is 1. The van der Waals surface area contributed by atoms with Gasteiger partial charge < -0.3 is 9.64 Å². The number of carbonyl (C=O) groups excluding carboxylic acids is 1. The lowest BCUT2D eigenvalue weighted by Crippen LogP contribution is -2.25. The highest BCUT2D eigenvalue weighted by Crippen LogP contribution is 2.26. The number of pyridine rings is 1. The number of rotatable bonds is 3. The summed E-state index contributed by atoms with van der Waals surface area (Å²) >= 11 is 5.89. The zero-order chi connectivity index (χ0) is 14.5. The quantitative estimate of drug-likeness (QED) is 0.857. The molecule has 21 heavy (non-hydrogen) atoms. The lowest BCUT2D eigenvalue weighted by Gasteiger charge is -2.20. The third-order valence-electron chi connectivity index (χ3n) is 2.71. The molecule has 2 rings (SSSR count). The lowest BCUT2D eigenvalue weighted by molar-refractivity contribution is 0.0893. The summed E-state index contributed by atoms with van der Waals surface area (Å²) in [4.78, 5) is 17.5. The van der Waals surface area contributed by atoms with Crippen molar-refractivity contribution in [1.82, 2.24) is 9.88 Å². The summed E-state index contributed by atoms with van der Waals surface area (Å²) < 4.78 is 5.51. The summed E-state index contributed by atoms with van der Waals surface area (Å²) in [6, 6.07) is 12.7. The van der Waals surface area contributed by atoms with Crippen LogP contribution in [0.1, 0.15) is 17.4 Å². The van der Waals surface area contributed by atoms with Gasteiger partial charge in [-0.2, -0.15) is 0 Å². The Hall–Kier alpha value is -1.78. The summed E-state index contributed by atoms with van der Waals surface area (Å²) in [6.07, 6.45) is 0.695. The first-order valence-corrected chi connectivity index (χ1v) is 6.50. The molecule has 0 spiro atoms. The van der Waals surface area contributed by atoms with Gasteiger partial charge in [0.15, 0.2) is 6.10 Å². The molecule has 1 heterocycles. The maximum Gasteiger partial charge on any atom is 0.410 e. The van der Waals surface area contributed by atoms with Crippen LogP contribution in [0.5, 0.6) is 0 Å². The van der Waals surface area contributed by atoms with Crippen molar-refractivity contribution < 1.29 is 9.53 Å². The molecule has 0 N–H and O–H groups in total. The van der Waals surface area contributed by atoms with Crippen molar-refractivity contribution in [2.45, 2.75) is 6.10 Å². The van der Waals surface area contributed by atoms with Gasteiger partial charge in [0.2, 0.25) is 0 Å². The zero-order valence-corrected chi connectivity index (χ0v) is 13.3. The average molecular weight is 327 g/mol. The average Bonchev–Trinajstić information content (AvgIpc) is 2.46. The van der Waals surface area contributed by atoms with E-state index in [1.54, 1.807) is 32.4 Å². The van der Waals surface area contributed by atoms with E-state index in [2.05, 4.69) is 4.98 Å². The molecule has 1 unspecified atom stereocenters. The highest BCUT2D eigenvalue weighted by atomic mass is 35.5. The molecule has 0 bridgehead atoms. The second-order valence-corrected chi connectivity index (χ2v) is 4.90. The molecule has 0 fully saturated rings. The first-order chi connectivity index (χ1) is 9.58. The molecule has 0 radical (unpaired) electrons. The van der Waals surface area contributed by atoms with Crippen molar-refractivity contribution in [1.29, 1.82) is 0 Å². The number of benzene rings is 1. The normalized spacial score (nSPS) is 11.2. The van der Waals surface area contributed by atoms with Gasteiger partial charge in [0.1, 0.15) is 0 Å². The zero-order valence-electron chi connectivity index (χ0n) is 11.7. The molecule has 0 aliphatic rings. The van der Waals surface area contributed by atoms with Gasteiger partial charge in [-0.15, -0.1) is 12.4 Å². The maximum atomic E-state index is 11.8. The molecular weight excluding hydrogens is 311 g/mol. The van der Waals surface area contributed by atoms with Crippen LogP contribution in [0, 0.1) is 0 Å². The molecule has 0 saturated heterocycles. The predicted molar refractivity (Wildman–Crippen MR) is 84.9 cm³/mol. The third-order valence-corrected chi connectivity index (χ3v) is 2.96. The van der Waals surface area contributed by atoms with Crippen LogP contribution in [0.3, 0.4) is 0 Å². The Bertz CT molecular complexity index is 574. The standard InChI is InChI=1S/C15H15ClN2O2.ClH/c1-18(2)15(19)20-14(13-5-3-4-10-17-13)11-6-8-12(16)9-7-11;/h3-10,14H,1-2H3;1H. The third kappa shape index (κ3) is 4.62. The van der Waals surface area contributed by atoms with E-state index in [1.807, 2.05) is 30.3 Å². The first-order valence-electron chi connectivity index (χ1n) is 6.12. The molecule has 0 aliphatic carbocycles. The van der Waals surface area contributed by atoms with E-state index in [0.717, 1.165) is 5.56 Å². The molecule has 4 nitrogen and oxygen atoms in total. The highest BCUT2D eigenvalue weighted by molar-refractivity contribution is 6.30. The molecule has 1 amide bonds. The van der Waals surface area contributed by atoms with Crippen LogP contribution in [0.4, 0.5) is 4.79 Å². The fourth-order valence-electron chi connectivity index (χ4n) is 1.67. The SMILES string of the molecule is CN(C)C(=O)OC(c1ccc(Cl)cc1)c1ccccn1.Cl. The fourth-order valence-corrected chi connectivity index (χ4v) is 1.80. The van der Waals surface area contributed by atoms with Crippen molar-refractivity contribution in [2.75, 3.05) is 14.1 Å². The molecular formula is C15H16Cl2N2O2. The largest absolute Gasteiger partial charge is 0.435 e. The van der Waals surface area contributed by atoms with Crippen LogP contribution in [-0.2, 0) is 4.74 Å². The van der Waals surface area contributed by atoms with Gasteiger partial charge >= 0.3 is 6.09 Å². The first kappa shape index (κ1) is 17.3. The van der Waals surface area contributed by atoms with Gasteiger partial charge in [0.05, 0.1) is 5.69 Å². The van der Waals surface area contributed by atoms with Crippen molar-refractivity contribution in [3.63, 3.8) is 0 Å². The van der Waals surface area contributed by atoms with E-state index in [9.17, 15) is 4.79 Å². The Morgan fingerprint density at radius 1 is 1.19 bits per heavy atom. The molecule has 1 atom stereocenters. The molecule has 2 aromatic rings. The Balaban J connectivity index is 0.00000220. The number of halogens is 2. The topological polar surface area (TPSA) is 42.4 Å². The molecule has 0 aliphatic heterocycles. The van der Waals surface area contributed by atoms with E-state index >= 15 is 0 Å². The van der Waals surface area contributed by atoms with Crippen molar-refractivity contribution in [3.05, 3.63) is 64.9 Å². The van der Waals surface area contributed by atoms with Crippen LogP contribution < -0.4 is 0 Å². The Morgan fingerprint density at radius 2 is 1.86 bits per heavy atom. The Morgan fingerprint density at radius 3 is 2.38 bits per heavy atom.